The lowest BCUT2D eigenvalue weighted by Gasteiger charge is -2.39. The SMILES string of the molecule is Cc1nc(/C=C/C(=O)N2CCN(C(c3ccc(F)cc3)c3ccc(F)cc3)CC2)cs1. The molecule has 1 aliphatic rings. The van der Waals surface area contributed by atoms with Gasteiger partial charge in [0.05, 0.1) is 16.7 Å². The number of carbonyl (C=O) groups is 1. The van der Waals surface area contributed by atoms with Crippen LogP contribution in [0.4, 0.5) is 8.78 Å². The van der Waals surface area contributed by atoms with Crippen molar-refractivity contribution in [3.8, 4) is 0 Å². The minimum absolute atomic E-state index is 0.0367. The molecule has 7 heteroatoms. The molecule has 4 nitrogen and oxygen atoms in total. The zero-order valence-electron chi connectivity index (χ0n) is 17.2. The van der Waals surface area contributed by atoms with Gasteiger partial charge in [0.2, 0.25) is 5.91 Å². The van der Waals surface area contributed by atoms with Crippen LogP contribution in [0.25, 0.3) is 6.08 Å². The van der Waals surface area contributed by atoms with Crippen molar-refractivity contribution in [2.75, 3.05) is 26.2 Å². The van der Waals surface area contributed by atoms with Crippen molar-refractivity contribution >= 4 is 23.3 Å². The number of aromatic nitrogens is 1. The van der Waals surface area contributed by atoms with Crippen molar-refractivity contribution in [3.05, 3.63) is 93.4 Å². The van der Waals surface area contributed by atoms with E-state index in [0.717, 1.165) is 21.8 Å². The van der Waals surface area contributed by atoms with Crippen molar-refractivity contribution in [2.45, 2.75) is 13.0 Å². The predicted molar refractivity (Wildman–Crippen MR) is 119 cm³/mol. The smallest absolute Gasteiger partial charge is 0.246 e. The highest BCUT2D eigenvalue weighted by molar-refractivity contribution is 7.09. The third kappa shape index (κ3) is 5.24. The summed E-state index contributed by atoms with van der Waals surface area (Å²) in [5.41, 5.74) is 2.67. The van der Waals surface area contributed by atoms with Crippen LogP contribution in [0.1, 0.15) is 27.9 Å². The molecule has 4 rings (SSSR count). The first-order chi connectivity index (χ1) is 15.0. The second kappa shape index (κ2) is 9.49. The Bertz CT molecular complexity index is 1010. The van der Waals surface area contributed by atoms with E-state index in [9.17, 15) is 13.6 Å². The number of rotatable bonds is 5. The van der Waals surface area contributed by atoms with Crippen molar-refractivity contribution < 1.29 is 13.6 Å². The first-order valence-corrected chi connectivity index (χ1v) is 11.0. The van der Waals surface area contributed by atoms with Crippen LogP contribution < -0.4 is 0 Å². The van der Waals surface area contributed by atoms with E-state index in [1.807, 2.05) is 17.2 Å². The zero-order chi connectivity index (χ0) is 21.8. The number of hydrogen-bond donors (Lipinski definition) is 0. The molecule has 1 aliphatic heterocycles. The fourth-order valence-corrected chi connectivity index (χ4v) is 4.40. The van der Waals surface area contributed by atoms with E-state index >= 15 is 0 Å². The number of carbonyl (C=O) groups excluding carboxylic acids is 1. The Labute approximate surface area is 184 Å². The van der Waals surface area contributed by atoms with E-state index in [0.29, 0.717) is 26.2 Å². The van der Waals surface area contributed by atoms with E-state index < -0.39 is 0 Å². The second-order valence-corrected chi connectivity index (χ2v) is 8.55. The lowest BCUT2D eigenvalue weighted by atomic mass is 9.96. The van der Waals surface area contributed by atoms with Gasteiger partial charge in [0.25, 0.3) is 0 Å². The fourth-order valence-electron chi connectivity index (χ4n) is 3.82. The standard InChI is InChI=1S/C24H23F2N3OS/c1-17-27-22(16-31-17)10-11-23(30)28-12-14-29(15-13-28)24(18-2-6-20(25)7-3-18)19-4-8-21(26)9-5-19/h2-11,16,24H,12-15H2,1H3/b11-10+. The summed E-state index contributed by atoms with van der Waals surface area (Å²) < 4.78 is 26.9. The molecule has 0 N–H and O–H groups in total. The summed E-state index contributed by atoms with van der Waals surface area (Å²) >= 11 is 1.55. The van der Waals surface area contributed by atoms with E-state index in [1.54, 1.807) is 47.8 Å². The quantitative estimate of drug-likeness (QED) is 0.542. The highest BCUT2D eigenvalue weighted by Gasteiger charge is 2.27. The molecule has 1 aromatic heterocycles. The largest absolute Gasteiger partial charge is 0.337 e. The molecule has 31 heavy (non-hydrogen) atoms. The van der Waals surface area contributed by atoms with Crippen LogP contribution in [0.3, 0.4) is 0 Å². The first-order valence-electron chi connectivity index (χ1n) is 10.1. The van der Waals surface area contributed by atoms with Gasteiger partial charge in [-0.1, -0.05) is 24.3 Å². The van der Waals surface area contributed by atoms with Crippen LogP contribution in [0, 0.1) is 18.6 Å². The average Bonchev–Trinajstić information content (AvgIpc) is 3.20. The third-order valence-corrected chi connectivity index (χ3v) is 6.19. The molecule has 0 saturated carbocycles. The Morgan fingerprint density at radius 2 is 1.52 bits per heavy atom. The average molecular weight is 440 g/mol. The summed E-state index contributed by atoms with van der Waals surface area (Å²) in [6.07, 6.45) is 3.32. The summed E-state index contributed by atoms with van der Waals surface area (Å²) in [7, 11) is 0. The number of aryl methyl sites for hydroxylation is 1. The van der Waals surface area contributed by atoms with Gasteiger partial charge in [0.1, 0.15) is 11.6 Å². The molecule has 0 bridgehead atoms. The Morgan fingerprint density at radius 3 is 2.00 bits per heavy atom. The molecular formula is C24H23F2N3OS. The Hall–Kier alpha value is -2.90. The van der Waals surface area contributed by atoms with Crippen molar-refractivity contribution in [3.63, 3.8) is 0 Å². The van der Waals surface area contributed by atoms with Gasteiger partial charge >= 0.3 is 0 Å². The Balaban J connectivity index is 1.47. The predicted octanol–water partition coefficient (Wildman–Crippen LogP) is 4.68. The molecule has 0 atom stereocenters. The third-order valence-electron chi connectivity index (χ3n) is 5.40. The molecular weight excluding hydrogens is 416 g/mol. The van der Waals surface area contributed by atoms with Crippen LogP contribution >= 0.6 is 11.3 Å². The number of hydrogen-bond acceptors (Lipinski definition) is 4. The van der Waals surface area contributed by atoms with Crippen LogP contribution in [-0.4, -0.2) is 46.9 Å². The minimum atomic E-state index is -0.292. The van der Waals surface area contributed by atoms with Gasteiger partial charge < -0.3 is 4.90 Å². The maximum Gasteiger partial charge on any atom is 0.246 e. The van der Waals surface area contributed by atoms with Gasteiger partial charge in [-0.2, -0.15) is 0 Å². The zero-order valence-corrected chi connectivity index (χ0v) is 18.0. The van der Waals surface area contributed by atoms with Crippen molar-refractivity contribution in [1.29, 1.82) is 0 Å². The number of thiazole rings is 1. The number of nitrogens with zero attached hydrogens (tertiary/aromatic N) is 3. The molecule has 0 radical (unpaired) electrons. The number of amides is 1. The maximum absolute atomic E-state index is 13.5. The molecule has 0 spiro atoms. The Kier molecular flexibility index (Phi) is 6.53. The summed E-state index contributed by atoms with van der Waals surface area (Å²) in [5, 5.41) is 2.89. The van der Waals surface area contributed by atoms with Gasteiger partial charge in [0.15, 0.2) is 0 Å². The minimum Gasteiger partial charge on any atom is -0.337 e. The van der Waals surface area contributed by atoms with E-state index in [4.69, 9.17) is 0 Å². The summed E-state index contributed by atoms with van der Waals surface area (Å²) in [6, 6.07) is 12.7. The number of halogens is 2. The normalized spacial score (nSPS) is 15.2. The van der Waals surface area contributed by atoms with Crippen molar-refractivity contribution in [2.24, 2.45) is 0 Å². The lowest BCUT2D eigenvalue weighted by Crippen LogP contribution is -2.49. The molecule has 0 aliphatic carbocycles. The van der Waals surface area contributed by atoms with Crippen molar-refractivity contribution in [1.82, 2.24) is 14.8 Å². The van der Waals surface area contributed by atoms with Crippen LogP contribution in [0.5, 0.6) is 0 Å². The van der Waals surface area contributed by atoms with Gasteiger partial charge in [-0.15, -0.1) is 11.3 Å². The molecule has 160 valence electrons. The maximum atomic E-state index is 13.5. The Morgan fingerprint density at radius 1 is 0.968 bits per heavy atom. The molecule has 0 unspecified atom stereocenters. The monoisotopic (exact) mass is 439 g/mol. The van der Waals surface area contributed by atoms with Gasteiger partial charge in [0, 0.05) is 37.6 Å². The topological polar surface area (TPSA) is 36.4 Å². The molecule has 2 aromatic carbocycles. The summed E-state index contributed by atoms with van der Waals surface area (Å²) in [6.45, 7) is 4.42. The molecule has 1 amide bonds. The number of piperazine rings is 1. The van der Waals surface area contributed by atoms with Gasteiger partial charge in [-0.05, 0) is 48.4 Å². The molecule has 3 aromatic rings. The van der Waals surface area contributed by atoms with E-state index in [1.165, 1.54) is 24.3 Å². The van der Waals surface area contributed by atoms with E-state index in [-0.39, 0.29) is 23.6 Å². The van der Waals surface area contributed by atoms with E-state index in [2.05, 4.69) is 9.88 Å². The summed E-state index contributed by atoms with van der Waals surface area (Å²) in [4.78, 5) is 21.0. The first kappa shape index (κ1) is 21.3. The highest BCUT2D eigenvalue weighted by atomic mass is 32.1. The molecule has 1 fully saturated rings. The second-order valence-electron chi connectivity index (χ2n) is 7.49. The molecule has 2 heterocycles. The van der Waals surface area contributed by atoms with Crippen LogP contribution in [0.2, 0.25) is 0 Å². The number of benzene rings is 2. The summed E-state index contributed by atoms with van der Waals surface area (Å²) in [5.74, 6) is -0.622. The van der Waals surface area contributed by atoms with Gasteiger partial charge in [-0.25, -0.2) is 13.8 Å². The lowest BCUT2D eigenvalue weighted by molar-refractivity contribution is -0.127. The fraction of sp³-hybridized carbons (Fsp3) is 0.250. The highest BCUT2D eigenvalue weighted by Crippen LogP contribution is 2.30. The van der Waals surface area contributed by atoms with Gasteiger partial charge in [-0.3, -0.25) is 9.69 Å². The molecule has 1 saturated heterocycles. The van der Waals surface area contributed by atoms with Crippen LogP contribution in [-0.2, 0) is 4.79 Å². The van der Waals surface area contributed by atoms with Crippen LogP contribution in [0.15, 0.2) is 60.0 Å².